The van der Waals surface area contributed by atoms with Gasteiger partial charge in [-0.05, 0) is 29.0 Å². The maximum Gasteiger partial charge on any atom is 0.104 e. The smallest absolute Gasteiger partial charge is 0.104 e. The Kier molecular flexibility index (Phi) is 7.45. The lowest BCUT2D eigenvalue weighted by molar-refractivity contribution is -0.0130. The number of hydrogen-bond acceptors (Lipinski definition) is 3. The predicted octanol–water partition coefficient (Wildman–Crippen LogP) is 4.76. The van der Waals surface area contributed by atoms with Crippen LogP contribution in [0, 0.1) is 0 Å². The number of unbranched alkanes of at least 4 members (excludes halogenated alkanes) is 1. The number of ether oxygens (including phenoxy) is 1. The topological polar surface area (TPSA) is 32.7 Å². The van der Waals surface area contributed by atoms with E-state index >= 15 is 0 Å². The summed E-state index contributed by atoms with van der Waals surface area (Å²) < 4.78 is 5.72. The van der Waals surface area contributed by atoms with Crippen LogP contribution in [0.25, 0.3) is 0 Å². The van der Waals surface area contributed by atoms with Gasteiger partial charge in [0.1, 0.15) is 6.10 Å². The quantitative estimate of drug-likeness (QED) is 0.730. The van der Waals surface area contributed by atoms with Crippen molar-refractivity contribution in [2.24, 2.45) is 0 Å². The summed E-state index contributed by atoms with van der Waals surface area (Å²) in [6, 6.07) is 18.9. The number of aliphatic hydroxyl groups is 1. The van der Waals surface area contributed by atoms with Gasteiger partial charge in [0, 0.05) is 19.1 Å². The predicted molar refractivity (Wildman–Crippen MR) is 111 cm³/mol. The van der Waals surface area contributed by atoms with Crippen LogP contribution in [-0.2, 0) is 4.74 Å². The highest BCUT2D eigenvalue weighted by Crippen LogP contribution is 2.26. The number of rotatable bonds is 8. The van der Waals surface area contributed by atoms with Crippen molar-refractivity contribution in [1.82, 2.24) is 4.90 Å². The molecule has 0 saturated carbocycles. The molecule has 2 aromatic rings. The molecular weight excluding hydrogens is 334 g/mol. The first-order valence-electron chi connectivity index (χ1n) is 10.3. The van der Waals surface area contributed by atoms with Crippen molar-refractivity contribution in [3.05, 3.63) is 71.3 Å². The number of aliphatic hydroxyl groups excluding tert-OH is 1. The molecule has 3 heteroatoms. The molecule has 1 fully saturated rings. The molecule has 0 radical (unpaired) electrons. The van der Waals surface area contributed by atoms with Gasteiger partial charge in [-0.2, -0.15) is 0 Å². The standard InChI is InChI=1S/C24H33NO2/c1-3-4-13-23-18-27-15-14-25(23)17-19(2)21-11-8-12-22(16-21)24(26)20-9-6-5-7-10-20/h5-12,16,19,23-24,26H,3-4,13-15,17-18H2,1-2H3. The minimum Gasteiger partial charge on any atom is -0.384 e. The van der Waals surface area contributed by atoms with E-state index in [4.69, 9.17) is 4.74 Å². The lowest BCUT2D eigenvalue weighted by Crippen LogP contribution is -2.46. The Morgan fingerprint density at radius 3 is 2.59 bits per heavy atom. The highest BCUT2D eigenvalue weighted by Gasteiger charge is 2.24. The molecule has 2 aromatic carbocycles. The second-order valence-electron chi connectivity index (χ2n) is 7.75. The van der Waals surface area contributed by atoms with Gasteiger partial charge in [0.15, 0.2) is 0 Å². The van der Waals surface area contributed by atoms with Crippen LogP contribution in [0.2, 0.25) is 0 Å². The van der Waals surface area contributed by atoms with Gasteiger partial charge in [-0.25, -0.2) is 0 Å². The first-order chi connectivity index (χ1) is 13.2. The molecular formula is C24H33NO2. The fourth-order valence-corrected chi connectivity index (χ4v) is 3.96. The third-order valence-corrected chi connectivity index (χ3v) is 5.66. The van der Waals surface area contributed by atoms with Gasteiger partial charge >= 0.3 is 0 Å². The molecule has 1 saturated heterocycles. The Morgan fingerprint density at radius 1 is 1.07 bits per heavy atom. The van der Waals surface area contributed by atoms with E-state index in [0.29, 0.717) is 12.0 Å². The minimum absolute atomic E-state index is 0.426. The highest BCUT2D eigenvalue weighted by molar-refractivity contribution is 5.33. The molecule has 3 nitrogen and oxygen atoms in total. The summed E-state index contributed by atoms with van der Waals surface area (Å²) >= 11 is 0. The lowest BCUT2D eigenvalue weighted by Gasteiger charge is -2.37. The molecule has 0 spiro atoms. The van der Waals surface area contributed by atoms with Crippen LogP contribution in [0.4, 0.5) is 0 Å². The van der Waals surface area contributed by atoms with Gasteiger partial charge < -0.3 is 9.84 Å². The average Bonchev–Trinajstić information content (AvgIpc) is 2.73. The van der Waals surface area contributed by atoms with Gasteiger partial charge in [0.05, 0.1) is 13.2 Å². The van der Waals surface area contributed by atoms with Crippen molar-refractivity contribution in [1.29, 1.82) is 0 Å². The molecule has 3 rings (SSSR count). The van der Waals surface area contributed by atoms with E-state index in [9.17, 15) is 5.11 Å². The summed E-state index contributed by atoms with van der Waals surface area (Å²) in [6.45, 7) is 8.30. The third-order valence-electron chi connectivity index (χ3n) is 5.66. The van der Waals surface area contributed by atoms with Crippen LogP contribution >= 0.6 is 0 Å². The summed E-state index contributed by atoms with van der Waals surface area (Å²) in [6.07, 6.45) is 3.14. The van der Waals surface area contributed by atoms with E-state index in [0.717, 1.165) is 37.4 Å². The largest absolute Gasteiger partial charge is 0.384 e. The highest BCUT2D eigenvalue weighted by atomic mass is 16.5. The van der Waals surface area contributed by atoms with Crippen LogP contribution in [0.1, 0.15) is 61.8 Å². The van der Waals surface area contributed by atoms with Crippen molar-refractivity contribution in [2.75, 3.05) is 26.3 Å². The average molecular weight is 368 g/mol. The second kappa shape index (κ2) is 10.0. The van der Waals surface area contributed by atoms with Crippen molar-refractivity contribution in [3.63, 3.8) is 0 Å². The zero-order valence-electron chi connectivity index (χ0n) is 16.7. The Bertz CT molecular complexity index is 688. The summed E-state index contributed by atoms with van der Waals surface area (Å²) in [5.41, 5.74) is 3.20. The monoisotopic (exact) mass is 367 g/mol. The van der Waals surface area contributed by atoms with Crippen molar-refractivity contribution >= 4 is 0 Å². The van der Waals surface area contributed by atoms with Crippen molar-refractivity contribution in [2.45, 2.75) is 51.2 Å². The molecule has 0 bridgehead atoms. The lowest BCUT2D eigenvalue weighted by atomic mass is 9.94. The van der Waals surface area contributed by atoms with Crippen molar-refractivity contribution in [3.8, 4) is 0 Å². The Balaban J connectivity index is 1.68. The number of morpholine rings is 1. The third kappa shape index (κ3) is 5.41. The second-order valence-corrected chi connectivity index (χ2v) is 7.75. The molecule has 3 unspecified atom stereocenters. The Hall–Kier alpha value is -1.68. The van der Waals surface area contributed by atoms with Gasteiger partial charge in [0.25, 0.3) is 0 Å². The first-order valence-corrected chi connectivity index (χ1v) is 10.3. The van der Waals surface area contributed by atoms with E-state index in [-0.39, 0.29) is 0 Å². The van der Waals surface area contributed by atoms with Crippen LogP contribution < -0.4 is 0 Å². The fourth-order valence-electron chi connectivity index (χ4n) is 3.96. The van der Waals surface area contributed by atoms with E-state index in [1.165, 1.54) is 24.8 Å². The van der Waals surface area contributed by atoms with Gasteiger partial charge in [-0.1, -0.05) is 81.3 Å². The van der Waals surface area contributed by atoms with Crippen LogP contribution in [-0.4, -0.2) is 42.4 Å². The van der Waals surface area contributed by atoms with Crippen LogP contribution in [0.3, 0.4) is 0 Å². The molecule has 0 aliphatic carbocycles. The van der Waals surface area contributed by atoms with E-state index in [1.54, 1.807) is 0 Å². The normalized spacial score (nSPS) is 20.3. The fraction of sp³-hybridized carbons (Fsp3) is 0.500. The van der Waals surface area contributed by atoms with Crippen molar-refractivity contribution < 1.29 is 9.84 Å². The number of hydrogen-bond donors (Lipinski definition) is 1. The molecule has 1 heterocycles. The first kappa shape index (κ1) is 20.1. The molecule has 0 aromatic heterocycles. The summed E-state index contributed by atoms with van der Waals surface area (Å²) in [4.78, 5) is 2.60. The van der Waals surface area contributed by atoms with E-state index < -0.39 is 6.10 Å². The molecule has 27 heavy (non-hydrogen) atoms. The van der Waals surface area contributed by atoms with Gasteiger partial charge in [-0.3, -0.25) is 4.90 Å². The molecule has 1 N–H and O–H groups in total. The SMILES string of the molecule is CCCCC1COCCN1CC(C)c1cccc(C(O)c2ccccc2)c1. The van der Waals surface area contributed by atoms with E-state index in [2.05, 4.69) is 36.9 Å². The Morgan fingerprint density at radius 2 is 1.81 bits per heavy atom. The zero-order valence-corrected chi connectivity index (χ0v) is 16.7. The van der Waals surface area contributed by atoms with Gasteiger partial charge in [-0.15, -0.1) is 0 Å². The number of nitrogens with zero attached hydrogens (tertiary/aromatic N) is 1. The Labute approximate surface area is 164 Å². The van der Waals surface area contributed by atoms with Crippen LogP contribution in [0.15, 0.2) is 54.6 Å². The molecule has 146 valence electrons. The van der Waals surface area contributed by atoms with E-state index in [1.807, 2.05) is 36.4 Å². The molecule has 3 atom stereocenters. The number of benzene rings is 2. The molecule has 1 aliphatic rings. The maximum atomic E-state index is 10.7. The summed E-state index contributed by atoms with van der Waals surface area (Å²) in [5, 5.41) is 10.7. The maximum absolute atomic E-state index is 10.7. The van der Waals surface area contributed by atoms with Crippen LogP contribution in [0.5, 0.6) is 0 Å². The zero-order chi connectivity index (χ0) is 19.1. The minimum atomic E-state index is -0.570. The molecule has 0 amide bonds. The summed E-state index contributed by atoms with van der Waals surface area (Å²) in [7, 11) is 0. The molecule has 1 aliphatic heterocycles. The summed E-state index contributed by atoms with van der Waals surface area (Å²) in [5.74, 6) is 0.426. The van der Waals surface area contributed by atoms with Gasteiger partial charge in [0.2, 0.25) is 0 Å².